The van der Waals surface area contributed by atoms with E-state index in [0.29, 0.717) is 0 Å². The smallest absolute Gasteiger partial charge is 0.0786 e. The molecule has 0 aliphatic heterocycles. The molecule has 0 aromatic heterocycles. The summed E-state index contributed by atoms with van der Waals surface area (Å²) >= 11 is 2.10. The van der Waals surface area contributed by atoms with Crippen LogP contribution in [0.15, 0.2) is 0 Å². The molecule has 0 amide bonds. The number of thioether (sulfide) groups is 1. The van der Waals surface area contributed by atoms with Crippen molar-refractivity contribution in [2.24, 2.45) is 0 Å². The zero-order chi connectivity index (χ0) is 18.6. The third-order valence-electron chi connectivity index (χ3n) is 5.95. The summed E-state index contributed by atoms with van der Waals surface area (Å²) in [6.45, 7) is 14.9. The Morgan fingerprint density at radius 2 is 0.960 bits per heavy atom. The Morgan fingerprint density at radius 1 is 0.520 bits per heavy atom. The predicted octanol–water partition coefficient (Wildman–Crippen LogP) is 7.69. The summed E-state index contributed by atoms with van der Waals surface area (Å²) in [6.07, 6.45) is 18.8. The largest absolute Gasteiger partial charge is 0.324 e. The third kappa shape index (κ3) is 15.1. The number of hydrogen-bond acceptors (Lipinski definition) is 1. The second-order valence-corrected chi connectivity index (χ2v) is 9.25. The maximum absolute atomic E-state index is 2.41. The number of rotatable bonds is 20. The van der Waals surface area contributed by atoms with Crippen molar-refractivity contribution in [1.29, 1.82) is 0 Å². The van der Waals surface area contributed by atoms with Crippen LogP contribution in [0.3, 0.4) is 0 Å². The summed E-state index contributed by atoms with van der Waals surface area (Å²) < 4.78 is 1.37. The quantitative estimate of drug-likeness (QED) is 0.156. The summed E-state index contributed by atoms with van der Waals surface area (Å²) in [4.78, 5) is 0. The van der Waals surface area contributed by atoms with Gasteiger partial charge in [0.2, 0.25) is 0 Å². The Kier molecular flexibility index (Phi) is 19.3. The Bertz CT molecular complexity index is 250. The minimum atomic E-state index is 1.28. The fraction of sp³-hybridized carbons (Fsp3) is 1.00. The lowest BCUT2D eigenvalue weighted by Crippen LogP contribution is -2.49. The normalized spacial score (nSPS) is 12.0. The van der Waals surface area contributed by atoms with Gasteiger partial charge in [0, 0.05) is 0 Å². The molecule has 0 bridgehead atoms. The molecule has 0 unspecified atom stereocenters. The van der Waals surface area contributed by atoms with E-state index in [-0.39, 0.29) is 0 Å². The van der Waals surface area contributed by atoms with Gasteiger partial charge in [-0.2, -0.15) is 11.8 Å². The van der Waals surface area contributed by atoms with Gasteiger partial charge in [-0.05, 0) is 57.5 Å². The Balaban J connectivity index is 3.66. The zero-order valence-electron chi connectivity index (χ0n) is 18.3. The molecule has 0 radical (unpaired) electrons. The molecule has 0 N–H and O–H groups in total. The van der Waals surface area contributed by atoms with Crippen molar-refractivity contribution >= 4 is 11.8 Å². The van der Waals surface area contributed by atoms with Gasteiger partial charge in [0.1, 0.15) is 0 Å². The first-order valence-electron chi connectivity index (χ1n) is 11.7. The molecule has 152 valence electrons. The van der Waals surface area contributed by atoms with E-state index in [1.54, 1.807) is 0 Å². The van der Waals surface area contributed by atoms with Gasteiger partial charge < -0.3 is 4.48 Å². The van der Waals surface area contributed by atoms with Gasteiger partial charge in [-0.25, -0.2) is 0 Å². The first kappa shape index (κ1) is 25.3. The summed E-state index contributed by atoms with van der Waals surface area (Å²) in [5.74, 6) is 2.65. The van der Waals surface area contributed by atoms with Crippen molar-refractivity contribution < 1.29 is 4.48 Å². The topological polar surface area (TPSA) is 0 Å². The van der Waals surface area contributed by atoms with E-state index >= 15 is 0 Å². The average Bonchev–Trinajstić information content (AvgIpc) is 2.64. The molecule has 1 nitrogen and oxygen atoms in total. The van der Waals surface area contributed by atoms with Crippen molar-refractivity contribution in [2.75, 3.05) is 37.7 Å². The Morgan fingerprint density at radius 3 is 1.40 bits per heavy atom. The molecule has 25 heavy (non-hydrogen) atoms. The molecule has 0 rings (SSSR count). The zero-order valence-corrected chi connectivity index (χ0v) is 19.1. The van der Waals surface area contributed by atoms with Gasteiger partial charge in [0.15, 0.2) is 0 Å². The molecule has 0 saturated carbocycles. The highest BCUT2D eigenvalue weighted by Crippen LogP contribution is 2.16. The van der Waals surface area contributed by atoms with E-state index in [0.717, 1.165) is 0 Å². The lowest BCUT2D eigenvalue weighted by molar-refractivity contribution is -0.925. The molecule has 0 aromatic carbocycles. The average molecular weight is 373 g/mol. The summed E-state index contributed by atoms with van der Waals surface area (Å²) in [6, 6.07) is 0. The highest BCUT2D eigenvalue weighted by atomic mass is 32.2. The van der Waals surface area contributed by atoms with E-state index in [9.17, 15) is 0 Å². The molecule has 2 heteroatoms. The first-order valence-corrected chi connectivity index (χ1v) is 12.8. The second-order valence-electron chi connectivity index (χ2n) is 7.86. The lowest BCUT2D eigenvalue weighted by atomic mass is 10.1. The van der Waals surface area contributed by atoms with Crippen LogP contribution >= 0.6 is 11.8 Å². The molecule has 0 atom stereocenters. The molecule has 0 saturated heterocycles. The van der Waals surface area contributed by atoms with Gasteiger partial charge in [-0.1, -0.05) is 65.2 Å². The standard InChI is InChI=1S/C23H50NS/c1-5-9-10-11-12-13-14-15-16-18-21-24(6-2,7-3)22-19-17-20-23-25-8-4/h5-23H2,1-4H3/q+1. The van der Waals surface area contributed by atoms with Crippen LogP contribution in [0, 0.1) is 0 Å². The maximum Gasteiger partial charge on any atom is 0.0786 e. The number of quaternary nitrogens is 1. The lowest BCUT2D eigenvalue weighted by Gasteiger charge is -2.37. The van der Waals surface area contributed by atoms with Crippen molar-refractivity contribution in [2.45, 2.75) is 111 Å². The third-order valence-corrected chi connectivity index (χ3v) is 6.94. The number of hydrogen-bond donors (Lipinski definition) is 0. The van der Waals surface area contributed by atoms with Crippen molar-refractivity contribution in [3.05, 3.63) is 0 Å². The van der Waals surface area contributed by atoms with Gasteiger partial charge in [-0.15, -0.1) is 0 Å². The minimum absolute atomic E-state index is 1.28. The van der Waals surface area contributed by atoms with Crippen LogP contribution in [0.2, 0.25) is 0 Å². The van der Waals surface area contributed by atoms with E-state index < -0.39 is 0 Å². The van der Waals surface area contributed by atoms with Gasteiger partial charge in [-0.3, -0.25) is 0 Å². The van der Waals surface area contributed by atoms with E-state index in [4.69, 9.17) is 0 Å². The van der Waals surface area contributed by atoms with Crippen LogP contribution in [-0.2, 0) is 0 Å². The van der Waals surface area contributed by atoms with Gasteiger partial charge >= 0.3 is 0 Å². The number of nitrogens with zero attached hydrogens (tertiary/aromatic N) is 1. The van der Waals surface area contributed by atoms with Crippen molar-refractivity contribution in [1.82, 2.24) is 0 Å². The summed E-state index contributed by atoms with van der Waals surface area (Å²) in [7, 11) is 0. The number of unbranched alkanes of at least 4 members (excludes halogenated alkanes) is 11. The highest BCUT2D eigenvalue weighted by molar-refractivity contribution is 7.99. The van der Waals surface area contributed by atoms with E-state index in [1.165, 1.54) is 126 Å². The van der Waals surface area contributed by atoms with E-state index in [1.807, 2.05) is 0 Å². The molecule has 0 spiro atoms. The van der Waals surface area contributed by atoms with Crippen LogP contribution in [0.1, 0.15) is 111 Å². The van der Waals surface area contributed by atoms with Crippen molar-refractivity contribution in [3.8, 4) is 0 Å². The van der Waals surface area contributed by atoms with Crippen molar-refractivity contribution in [3.63, 3.8) is 0 Å². The summed E-state index contributed by atoms with van der Waals surface area (Å²) in [5.41, 5.74) is 0. The van der Waals surface area contributed by atoms with Gasteiger partial charge in [0.05, 0.1) is 26.2 Å². The summed E-state index contributed by atoms with van der Waals surface area (Å²) in [5, 5.41) is 0. The highest BCUT2D eigenvalue weighted by Gasteiger charge is 2.21. The van der Waals surface area contributed by atoms with Crippen LogP contribution in [-0.4, -0.2) is 42.2 Å². The minimum Gasteiger partial charge on any atom is -0.324 e. The molecule has 0 aliphatic carbocycles. The fourth-order valence-corrected chi connectivity index (χ4v) is 4.57. The maximum atomic E-state index is 2.41. The molecule has 0 aromatic rings. The monoisotopic (exact) mass is 372 g/mol. The SMILES string of the molecule is CCCCCCCCCCCC[N+](CC)(CC)CCCCCSCC. The molecule has 0 fully saturated rings. The van der Waals surface area contributed by atoms with Crippen LogP contribution < -0.4 is 0 Å². The van der Waals surface area contributed by atoms with Crippen LogP contribution in [0.25, 0.3) is 0 Å². The van der Waals surface area contributed by atoms with Gasteiger partial charge in [0.25, 0.3) is 0 Å². The molecular formula is C23H50NS+. The molecular weight excluding hydrogens is 322 g/mol. The molecule has 0 heterocycles. The second kappa shape index (κ2) is 19.1. The molecule has 0 aliphatic rings. The Hall–Kier alpha value is 0.310. The fourth-order valence-electron chi connectivity index (χ4n) is 3.87. The predicted molar refractivity (Wildman–Crippen MR) is 120 cm³/mol. The van der Waals surface area contributed by atoms with Crippen LogP contribution in [0.4, 0.5) is 0 Å². The first-order chi connectivity index (χ1) is 12.2. The van der Waals surface area contributed by atoms with E-state index in [2.05, 4.69) is 39.5 Å². The van der Waals surface area contributed by atoms with Crippen LogP contribution in [0.5, 0.6) is 0 Å². The Labute approximate surface area is 165 Å².